The van der Waals surface area contributed by atoms with Crippen molar-refractivity contribution in [2.24, 2.45) is 5.73 Å². The first-order valence-corrected chi connectivity index (χ1v) is 7.63. The second-order valence-electron chi connectivity index (χ2n) is 6.22. The predicted octanol–water partition coefficient (Wildman–Crippen LogP) is 4.00. The molecule has 0 aliphatic carbocycles. The van der Waals surface area contributed by atoms with Gasteiger partial charge in [0.15, 0.2) is 0 Å². The minimum absolute atomic E-state index is 0.201. The van der Waals surface area contributed by atoms with Crippen LogP contribution in [0.3, 0.4) is 0 Å². The van der Waals surface area contributed by atoms with Crippen molar-refractivity contribution in [1.82, 2.24) is 0 Å². The molecule has 1 heterocycles. The summed E-state index contributed by atoms with van der Waals surface area (Å²) in [5, 5.41) is 0.851. The Bertz CT molecular complexity index is 442. The molecule has 1 aliphatic rings. The average Bonchev–Trinajstić information content (AvgIpc) is 2.71. The van der Waals surface area contributed by atoms with E-state index in [0.717, 1.165) is 30.0 Å². The minimum atomic E-state index is 0.201. The monoisotopic (exact) mass is 280 g/mol. The topological polar surface area (TPSA) is 29.3 Å². The van der Waals surface area contributed by atoms with Crippen molar-refractivity contribution in [3.8, 4) is 0 Å². The molecule has 0 radical (unpaired) electrons. The third-order valence-corrected chi connectivity index (χ3v) is 4.61. The molecule has 1 aliphatic heterocycles. The second kappa shape index (κ2) is 5.72. The minimum Gasteiger partial charge on any atom is -0.366 e. The lowest BCUT2D eigenvalue weighted by molar-refractivity contribution is 0.518. The molecule has 2 rings (SSSR count). The second-order valence-corrected chi connectivity index (χ2v) is 6.62. The fraction of sp³-hybridized carbons (Fsp3) is 0.625. The van der Waals surface area contributed by atoms with Crippen molar-refractivity contribution in [3.05, 3.63) is 28.8 Å². The summed E-state index contributed by atoms with van der Waals surface area (Å²) in [5.41, 5.74) is 8.65. The zero-order valence-electron chi connectivity index (χ0n) is 12.2. The van der Waals surface area contributed by atoms with Crippen LogP contribution in [0, 0.1) is 0 Å². The lowest BCUT2D eigenvalue weighted by Gasteiger charge is -2.34. The van der Waals surface area contributed by atoms with Crippen molar-refractivity contribution in [1.29, 1.82) is 0 Å². The zero-order valence-corrected chi connectivity index (χ0v) is 13.0. The Morgan fingerprint density at radius 3 is 2.68 bits per heavy atom. The molecule has 0 amide bonds. The number of hydrogen-bond acceptors (Lipinski definition) is 2. The zero-order chi connectivity index (χ0) is 14.0. The first-order valence-electron chi connectivity index (χ1n) is 7.25. The summed E-state index contributed by atoms with van der Waals surface area (Å²) in [6.45, 7) is 7.83. The van der Waals surface area contributed by atoms with Crippen molar-refractivity contribution in [2.45, 2.75) is 58.0 Å². The molecule has 0 saturated carbocycles. The van der Waals surface area contributed by atoms with Crippen molar-refractivity contribution >= 4 is 17.3 Å². The Labute approximate surface area is 121 Å². The summed E-state index contributed by atoms with van der Waals surface area (Å²) in [4.78, 5) is 2.46. The average molecular weight is 281 g/mol. The van der Waals surface area contributed by atoms with Crippen LogP contribution < -0.4 is 10.6 Å². The molecule has 0 bridgehead atoms. The van der Waals surface area contributed by atoms with E-state index in [0.29, 0.717) is 0 Å². The largest absolute Gasteiger partial charge is 0.366 e. The molecule has 19 heavy (non-hydrogen) atoms. The Balaban J connectivity index is 2.19. The summed E-state index contributed by atoms with van der Waals surface area (Å²) in [6, 6.07) is 6.64. The van der Waals surface area contributed by atoms with E-state index in [9.17, 15) is 0 Å². The Kier molecular flexibility index (Phi) is 4.42. The first-order chi connectivity index (χ1) is 8.94. The number of anilines is 1. The standard InChI is InChI=1S/C16H25ClN2/c1-4-13(18)10-12-6-7-14(11-15(12)17)19-9-5-8-16(19,2)3/h6-7,11,13H,4-5,8-10,18H2,1-3H3. The van der Waals surface area contributed by atoms with Gasteiger partial charge in [-0.3, -0.25) is 0 Å². The Morgan fingerprint density at radius 2 is 2.16 bits per heavy atom. The molecule has 1 aromatic carbocycles. The van der Waals surface area contributed by atoms with Crippen LogP contribution in [0.25, 0.3) is 0 Å². The quantitative estimate of drug-likeness (QED) is 0.903. The number of rotatable bonds is 4. The maximum atomic E-state index is 6.42. The van der Waals surface area contributed by atoms with Crippen LogP contribution in [-0.2, 0) is 6.42 Å². The number of benzene rings is 1. The molecule has 106 valence electrons. The highest BCUT2D eigenvalue weighted by Crippen LogP contribution is 2.35. The molecular weight excluding hydrogens is 256 g/mol. The molecule has 1 fully saturated rings. The van der Waals surface area contributed by atoms with E-state index in [4.69, 9.17) is 17.3 Å². The summed E-state index contributed by atoms with van der Waals surface area (Å²) in [5.74, 6) is 0. The van der Waals surface area contributed by atoms with Gasteiger partial charge in [0.05, 0.1) is 0 Å². The highest BCUT2D eigenvalue weighted by molar-refractivity contribution is 6.31. The van der Waals surface area contributed by atoms with E-state index in [1.165, 1.54) is 18.5 Å². The van der Waals surface area contributed by atoms with Crippen LogP contribution in [0.5, 0.6) is 0 Å². The molecule has 1 aromatic rings. The van der Waals surface area contributed by atoms with Gasteiger partial charge in [0, 0.05) is 28.8 Å². The molecular formula is C16H25ClN2. The third-order valence-electron chi connectivity index (χ3n) is 4.26. The van der Waals surface area contributed by atoms with Crippen LogP contribution in [0.2, 0.25) is 5.02 Å². The lowest BCUT2D eigenvalue weighted by atomic mass is 10.0. The number of hydrogen-bond donors (Lipinski definition) is 1. The number of halogens is 1. The maximum absolute atomic E-state index is 6.42. The van der Waals surface area contributed by atoms with Crippen molar-refractivity contribution in [2.75, 3.05) is 11.4 Å². The molecule has 2 nitrogen and oxygen atoms in total. The fourth-order valence-electron chi connectivity index (χ4n) is 2.88. The molecule has 1 saturated heterocycles. The summed E-state index contributed by atoms with van der Waals surface area (Å²) in [7, 11) is 0. The third kappa shape index (κ3) is 3.24. The van der Waals surface area contributed by atoms with Gasteiger partial charge in [-0.05, 0) is 57.2 Å². The molecule has 1 unspecified atom stereocenters. The smallest absolute Gasteiger partial charge is 0.0459 e. The Morgan fingerprint density at radius 1 is 1.42 bits per heavy atom. The van der Waals surface area contributed by atoms with Gasteiger partial charge in [0.25, 0.3) is 0 Å². The van der Waals surface area contributed by atoms with E-state index < -0.39 is 0 Å². The highest BCUT2D eigenvalue weighted by atomic mass is 35.5. The molecule has 2 N–H and O–H groups in total. The van der Waals surface area contributed by atoms with Gasteiger partial charge in [0.2, 0.25) is 0 Å². The summed E-state index contributed by atoms with van der Waals surface area (Å²) in [6.07, 6.45) is 4.34. The number of nitrogens with zero attached hydrogens (tertiary/aromatic N) is 1. The highest BCUT2D eigenvalue weighted by Gasteiger charge is 2.32. The molecule has 3 heteroatoms. The Hall–Kier alpha value is -0.730. The van der Waals surface area contributed by atoms with Gasteiger partial charge < -0.3 is 10.6 Å². The van der Waals surface area contributed by atoms with E-state index in [2.05, 4.69) is 43.9 Å². The maximum Gasteiger partial charge on any atom is 0.0459 e. The van der Waals surface area contributed by atoms with Gasteiger partial charge >= 0.3 is 0 Å². The lowest BCUT2D eigenvalue weighted by Crippen LogP contribution is -2.38. The van der Waals surface area contributed by atoms with Gasteiger partial charge in [-0.2, -0.15) is 0 Å². The van der Waals surface area contributed by atoms with E-state index >= 15 is 0 Å². The van der Waals surface area contributed by atoms with Gasteiger partial charge in [-0.25, -0.2) is 0 Å². The number of nitrogens with two attached hydrogens (primary N) is 1. The van der Waals surface area contributed by atoms with Crippen molar-refractivity contribution < 1.29 is 0 Å². The predicted molar refractivity (Wildman–Crippen MR) is 84.1 cm³/mol. The molecule has 0 aromatic heterocycles. The van der Waals surface area contributed by atoms with Gasteiger partial charge in [0.1, 0.15) is 0 Å². The van der Waals surface area contributed by atoms with Crippen LogP contribution in [0.15, 0.2) is 18.2 Å². The van der Waals surface area contributed by atoms with Crippen LogP contribution in [-0.4, -0.2) is 18.1 Å². The summed E-state index contributed by atoms with van der Waals surface area (Å²) < 4.78 is 0. The van der Waals surface area contributed by atoms with Crippen LogP contribution in [0.4, 0.5) is 5.69 Å². The van der Waals surface area contributed by atoms with E-state index in [1.54, 1.807) is 0 Å². The van der Waals surface area contributed by atoms with Crippen LogP contribution in [0.1, 0.15) is 45.6 Å². The molecule has 1 atom stereocenters. The fourth-order valence-corrected chi connectivity index (χ4v) is 3.13. The van der Waals surface area contributed by atoms with Crippen LogP contribution >= 0.6 is 11.6 Å². The van der Waals surface area contributed by atoms with Crippen molar-refractivity contribution in [3.63, 3.8) is 0 Å². The molecule has 0 spiro atoms. The SMILES string of the molecule is CCC(N)Cc1ccc(N2CCCC2(C)C)cc1Cl. The summed E-state index contributed by atoms with van der Waals surface area (Å²) >= 11 is 6.42. The first kappa shape index (κ1) is 14.7. The van der Waals surface area contributed by atoms with E-state index in [1.807, 2.05) is 0 Å². The van der Waals surface area contributed by atoms with Gasteiger partial charge in [-0.1, -0.05) is 24.6 Å². The van der Waals surface area contributed by atoms with Gasteiger partial charge in [-0.15, -0.1) is 0 Å². The normalized spacial score (nSPS) is 19.7. The van der Waals surface area contributed by atoms with E-state index in [-0.39, 0.29) is 11.6 Å².